The Labute approximate surface area is 116 Å². The smallest absolute Gasteiger partial charge is 0.272 e. The number of hydroxylamine groups is 2. The maximum Gasteiger partial charge on any atom is 0.272 e. The van der Waals surface area contributed by atoms with Crippen LogP contribution in [-0.4, -0.2) is 64.1 Å². The van der Waals surface area contributed by atoms with E-state index in [0.29, 0.717) is 19.4 Å². The third kappa shape index (κ3) is 2.25. The van der Waals surface area contributed by atoms with Crippen molar-refractivity contribution in [3.8, 4) is 0 Å². The summed E-state index contributed by atoms with van der Waals surface area (Å²) in [6.45, 7) is 1.66. The average Bonchev–Trinajstić information content (AvgIpc) is 2.94. The lowest BCUT2D eigenvalue weighted by Gasteiger charge is -2.32. The number of nitrogens with zero attached hydrogens (tertiary/aromatic N) is 2. The van der Waals surface area contributed by atoms with E-state index < -0.39 is 24.2 Å². The van der Waals surface area contributed by atoms with E-state index in [1.807, 2.05) is 0 Å². The molecule has 2 rings (SSSR count). The van der Waals surface area contributed by atoms with Crippen molar-refractivity contribution in [3.05, 3.63) is 0 Å². The zero-order chi connectivity index (χ0) is 14.9. The first-order valence-electron chi connectivity index (χ1n) is 6.59. The Kier molecular flexibility index (Phi) is 3.96. The van der Waals surface area contributed by atoms with E-state index in [4.69, 9.17) is 15.7 Å². The van der Waals surface area contributed by atoms with Crippen LogP contribution in [-0.2, 0) is 19.2 Å². The van der Waals surface area contributed by atoms with E-state index in [9.17, 15) is 14.4 Å². The third-order valence-electron chi connectivity index (χ3n) is 3.96. The number of hydrogen-bond donors (Lipinski definition) is 2. The molecule has 3 amide bonds. The van der Waals surface area contributed by atoms with Crippen LogP contribution in [0.1, 0.15) is 26.2 Å². The van der Waals surface area contributed by atoms with Crippen molar-refractivity contribution in [3.63, 3.8) is 0 Å². The normalized spacial score (nSPS) is 27.4. The Hall–Kier alpha value is -1.67. The fourth-order valence-electron chi connectivity index (χ4n) is 2.98. The number of primary amides is 1. The molecule has 2 saturated heterocycles. The van der Waals surface area contributed by atoms with Crippen molar-refractivity contribution in [1.29, 1.82) is 0 Å². The molecule has 2 aliphatic heterocycles. The molecule has 2 aliphatic rings. The fourth-order valence-corrected chi connectivity index (χ4v) is 2.98. The second-order valence-electron chi connectivity index (χ2n) is 5.14. The second kappa shape index (κ2) is 5.37. The number of nitrogens with two attached hydrogens (primary N) is 1. The van der Waals surface area contributed by atoms with E-state index in [1.54, 1.807) is 4.90 Å². The molecule has 0 aromatic carbocycles. The minimum Gasteiger partial charge on any atom is -0.393 e. The highest BCUT2D eigenvalue weighted by Crippen LogP contribution is 2.39. The Balaban J connectivity index is 2.13. The molecule has 0 saturated carbocycles. The van der Waals surface area contributed by atoms with Crippen LogP contribution >= 0.6 is 0 Å². The Morgan fingerprint density at radius 1 is 1.45 bits per heavy atom. The van der Waals surface area contributed by atoms with Gasteiger partial charge >= 0.3 is 0 Å². The van der Waals surface area contributed by atoms with E-state index in [0.717, 1.165) is 11.5 Å². The summed E-state index contributed by atoms with van der Waals surface area (Å²) >= 11 is 0. The second-order valence-corrected chi connectivity index (χ2v) is 5.14. The number of hydrogen-bond acceptors (Lipinski definition) is 5. The van der Waals surface area contributed by atoms with Gasteiger partial charge in [0.15, 0.2) is 6.10 Å². The molecule has 2 unspecified atom stereocenters. The van der Waals surface area contributed by atoms with Gasteiger partial charge in [-0.05, 0) is 19.3 Å². The molecule has 0 aromatic heterocycles. The van der Waals surface area contributed by atoms with E-state index >= 15 is 0 Å². The number of rotatable bonds is 4. The highest BCUT2D eigenvalue weighted by molar-refractivity contribution is 5.92. The average molecular weight is 285 g/mol. The summed E-state index contributed by atoms with van der Waals surface area (Å²) in [4.78, 5) is 41.9. The van der Waals surface area contributed by atoms with Gasteiger partial charge in [0.2, 0.25) is 5.91 Å². The Morgan fingerprint density at radius 3 is 2.70 bits per heavy atom. The SMILES string of the molecule is CC(=O)N1CCCC12CCN(OC(CO)C(N)=O)C2=O. The predicted octanol–water partition coefficient (Wildman–Crippen LogP) is -1.62. The van der Waals surface area contributed by atoms with Gasteiger partial charge in [0, 0.05) is 13.5 Å². The van der Waals surface area contributed by atoms with Crippen LogP contribution < -0.4 is 5.73 Å². The van der Waals surface area contributed by atoms with Gasteiger partial charge in [-0.3, -0.25) is 19.2 Å². The molecule has 2 heterocycles. The maximum atomic E-state index is 12.5. The van der Waals surface area contributed by atoms with Crippen LogP contribution in [0.5, 0.6) is 0 Å². The molecule has 8 nitrogen and oxygen atoms in total. The monoisotopic (exact) mass is 285 g/mol. The van der Waals surface area contributed by atoms with E-state index in [1.165, 1.54) is 6.92 Å². The first kappa shape index (κ1) is 14.7. The zero-order valence-electron chi connectivity index (χ0n) is 11.4. The van der Waals surface area contributed by atoms with Crippen molar-refractivity contribution < 1.29 is 24.3 Å². The number of likely N-dealkylation sites (tertiary alicyclic amines) is 1. The topological polar surface area (TPSA) is 113 Å². The lowest BCUT2D eigenvalue weighted by atomic mass is 9.94. The minimum absolute atomic E-state index is 0.147. The maximum absolute atomic E-state index is 12.5. The van der Waals surface area contributed by atoms with Crippen molar-refractivity contribution in [2.75, 3.05) is 19.7 Å². The Morgan fingerprint density at radius 2 is 2.15 bits per heavy atom. The summed E-state index contributed by atoms with van der Waals surface area (Å²) in [5, 5.41) is 10.1. The minimum atomic E-state index is -1.25. The van der Waals surface area contributed by atoms with E-state index in [-0.39, 0.29) is 18.4 Å². The first-order chi connectivity index (χ1) is 9.42. The predicted molar refractivity (Wildman–Crippen MR) is 66.8 cm³/mol. The van der Waals surface area contributed by atoms with Crippen LogP contribution in [0.25, 0.3) is 0 Å². The van der Waals surface area contributed by atoms with Crippen LogP contribution in [0.2, 0.25) is 0 Å². The van der Waals surface area contributed by atoms with Crippen LogP contribution in [0.15, 0.2) is 0 Å². The van der Waals surface area contributed by atoms with Gasteiger partial charge in [-0.1, -0.05) is 0 Å². The van der Waals surface area contributed by atoms with Crippen LogP contribution in [0.4, 0.5) is 0 Å². The summed E-state index contributed by atoms with van der Waals surface area (Å²) in [7, 11) is 0. The quantitative estimate of drug-likeness (QED) is 0.644. The van der Waals surface area contributed by atoms with Gasteiger partial charge in [-0.15, -0.1) is 0 Å². The molecule has 2 fully saturated rings. The van der Waals surface area contributed by atoms with Gasteiger partial charge in [0.05, 0.1) is 13.2 Å². The summed E-state index contributed by atoms with van der Waals surface area (Å²) < 4.78 is 0. The Bertz CT molecular complexity index is 441. The molecule has 0 radical (unpaired) electrons. The molecule has 3 N–H and O–H groups in total. The number of aliphatic hydroxyl groups is 1. The highest BCUT2D eigenvalue weighted by atomic mass is 16.7. The molecule has 2 atom stereocenters. The summed E-state index contributed by atoms with van der Waals surface area (Å²) in [5.41, 5.74) is 4.21. The number of aliphatic hydroxyl groups excluding tert-OH is 1. The summed E-state index contributed by atoms with van der Waals surface area (Å²) in [5.74, 6) is -1.33. The zero-order valence-corrected chi connectivity index (χ0v) is 11.4. The first-order valence-corrected chi connectivity index (χ1v) is 6.59. The van der Waals surface area contributed by atoms with Gasteiger partial charge in [0.25, 0.3) is 11.8 Å². The largest absolute Gasteiger partial charge is 0.393 e. The fraction of sp³-hybridized carbons (Fsp3) is 0.750. The van der Waals surface area contributed by atoms with Crippen molar-refractivity contribution in [2.45, 2.75) is 37.8 Å². The molecule has 112 valence electrons. The molecule has 1 spiro atoms. The molecule has 8 heteroatoms. The van der Waals surface area contributed by atoms with Crippen LogP contribution in [0, 0.1) is 0 Å². The molecule has 0 aromatic rings. The molecule has 0 bridgehead atoms. The van der Waals surface area contributed by atoms with Crippen molar-refractivity contribution in [1.82, 2.24) is 9.96 Å². The van der Waals surface area contributed by atoms with Gasteiger partial charge in [0.1, 0.15) is 5.54 Å². The third-order valence-corrected chi connectivity index (χ3v) is 3.96. The lowest BCUT2D eigenvalue weighted by molar-refractivity contribution is -0.206. The summed E-state index contributed by atoms with van der Waals surface area (Å²) in [6.07, 6.45) is 0.563. The molecule has 20 heavy (non-hydrogen) atoms. The molecule has 0 aliphatic carbocycles. The van der Waals surface area contributed by atoms with Crippen LogP contribution in [0.3, 0.4) is 0 Å². The standard InChI is InChI=1S/C12H19N3O5/c1-8(17)14-5-2-3-12(14)4-6-15(11(12)19)20-9(7-16)10(13)18/h9,16H,2-7H2,1H3,(H2,13,18). The van der Waals surface area contributed by atoms with E-state index in [2.05, 4.69) is 0 Å². The van der Waals surface area contributed by atoms with Gasteiger partial charge < -0.3 is 15.7 Å². The van der Waals surface area contributed by atoms with Gasteiger partial charge in [-0.2, -0.15) is 0 Å². The van der Waals surface area contributed by atoms with Crippen molar-refractivity contribution in [2.24, 2.45) is 5.73 Å². The van der Waals surface area contributed by atoms with Crippen molar-refractivity contribution >= 4 is 17.7 Å². The summed E-state index contributed by atoms with van der Waals surface area (Å²) in [6, 6.07) is 0. The number of amides is 3. The molecular weight excluding hydrogens is 266 g/mol. The number of carbonyl (C=O) groups is 3. The number of carbonyl (C=O) groups excluding carboxylic acids is 3. The lowest BCUT2D eigenvalue weighted by Crippen LogP contribution is -2.53. The van der Waals surface area contributed by atoms with Gasteiger partial charge in [-0.25, -0.2) is 5.06 Å². The highest BCUT2D eigenvalue weighted by Gasteiger charge is 2.55. The molecular formula is C12H19N3O5.